The summed E-state index contributed by atoms with van der Waals surface area (Å²) in [7, 11) is 0. The quantitative estimate of drug-likeness (QED) is 0.527. The molecule has 0 atom stereocenters. The minimum absolute atomic E-state index is 0.432. The van der Waals surface area contributed by atoms with Gasteiger partial charge >= 0.3 is 0 Å². The number of para-hydroxylation sites is 1. The molecule has 0 radical (unpaired) electrons. The van der Waals surface area contributed by atoms with Crippen molar-refractivity contribution in [3.05, 3.63) is 72.3 Å². The van der Waals surface area contributed by atoms with Crippen LogP contribution in [0.5, 0.6) is 0 Å². The van der Waals surface area contributed by atoms with Gasteiger partial charge in [0.05, 0.1) is 18.4 Å². The van der Waals surface area contributed by atoms with Gasteiger partial charge in [-0.1, -0.05) is 24.3 Å². The zero-order valence-corrected chi connectivity index (χ0v) is 14.6. The molecule has 0 spiro atoms. The summed E-state index contributed by atoms with van der Waals surface area (Å²) in [5.41, 5.74) is 4.41. The highest BCUT2D eigenvalue weighted by Crippen LogP contribution is 2.26. The fraction of sp³-hybridized carbons (Fsp3) is 0.100. The number of aromatic nitrogens is 5. The van der Waals surface area contributed by atoms with Crippen LogP contribution in [0.2, 0.25) is 0 Å². The summed E-state index contributed by atoms with van der Waals surface area (Å²) in [5.74, 6) is 1.10. The number of imidazole rings is 1. The van der Waals surface area contributed by atoms with Gasteiger partial charge in [-0.25, -0.2) is 9.97 Å². The Balaban J connectivity index is 1.39. The van der Waals surface area contributed by atoms with Gasteiger partial charge in [0.1, 0.15) is 16.9 Å². The molecule has 5 aromatic rings. The first kappa shape index (κ1) is 15.5. The predicted octanol–water partition coefficient (Wildman–Crippen LogP) is 3.85. The highest BCUT2D eigenvalue weighted by atomic mass is 16.3. The van der Waals surface area contributed by atoms with E-state index < -0.39 is 0 Å². The van der Waals surface area contributed by atoms with E-state index in [0.717, 1.165) is 28.0 Å². The Morgan fingerprint density at radius 3 is 2.89 bits per heavy atom. The molecule has 7 heteroatoms. The van der Waals surface area contributed by atoms with E-state index in [9.17, 15) is 0 Å². The summed E-state index contributed by atoms with van der Waals surface area (Å²) >= 11 is 0. The van der Waals surface area contributed by atoms with Gasteiger partial charge in [-0.2, -0.15) is 5.10 Å². The van der Waals surface area contributed by atoms with Crippen molar-refractivity contribution in [2.75, 3.05) is 5.32 Å². The minimum Gasteiger partial charge on any atom is -0.454 e. The van der Waals surface area contributed by atoms with E-state index in [1.165, 1.54) is 0 Å². The monoisotopic (exact) mass is 356 g/mol. The normalized spacial score (nSPS) is 11.3. The molecule has 132 valence electrons. The smallest absolute Gasteiger partial charge is 0.243 e. The van der Waals surface area contributed by atoms with Crippen molar-refractivity contribution >= 4 is 22.6 Å². The van der Waals surface area contributed by atoms with Crippen LogP contribution in [0, 0.1) is 6.92 Å². The van der Waals surface area contributed by atoms with Crippen molar-refractivity contribution in [2.24, 2.45) is 0 Å². The average Bonchev–Trinajstić information content (AvgIpc) is 3.31. The topological polar surface area (TPSA) is 81.1 Å². The maximum absolute atomic E-state index is 5.85. The summed E-state index contributed by atoms with van der Waals surface area (Å²) < 4.78 is 7.91. The van der Waals surface area contributed by atoms with Crippen molar-refractivity contribution < 1.29 is 4.42 Å². The Morgan fingerprint density at radius 2 is 2.00 bits per heavy atom. The SMILES string of the molecule is Cc1cccc2nc(CNc3nncc(-c4cc5ccccc5o4)n3)cn12. The van der Waals surface area contributed by atoms with Crippen LogP contribution in [0.4, 0.5) is 5.95 Å². The van der Waals surface area contributed by atoms with E-state index in [4.69, 9.17) is 4.42 Å². The molecule has 0 fully saturated rings. The molecule has 5 rings (SSSR count). The lowest BCUT2D eigenvalue weighted by Crippen LogP contribution is -2.05. The van der Waals surface area contributed by atoms with Gasteiger partial charge in [-0.3, -0.25) is 0 Å². The van der Waals surface area contributed by atoms with Crippen LogP contribution in [-0.2, 0) is 6.54 Å². The van der Waals surface area contributed by atoms with Crippen LogP contribution in [0.1, 0.15) is 11.4 Å². The van der Waals surface area contributed by atoms with E-state index in [1.54, 1.807) is 6.20 Å². The molecule has 0 aliphatic carbocycles. The molecule has 0 amide bonds. The van der Waals surface area contributed by atoms with Crippen LogP contribution in [0.3, 0.4) is 0 Å². The maximum atomic E-state index is 5.85. The summed E-state index contributed by atoms with van der Waals surface area (Å²) in [6.45, 7) is 2.56. The number of hydrogen-bond donors (Lipinski definition) is 1. The molecule has 4 aromatic heterocycles. The molecule has 0 saturated carbocycles. The molecular formula is C20H16N6O. The van der Waals surface area contributed by atoms with Crippen molar-refractivity contribution in [1.82, 2.24) is 24.6 Å². The second-order valence-electron chi connectivity index (χ2n) is 6.29. The molecule has 27 heavy (non-hydrogen) atoms. The molecule has 0 unspecified atom stereocenters. The van der Waals surface area contributed by atoms with Gasteiger partial charge in [-0.15, -0.1) is 5.10 Å². The van der Waals surface area contributed by atoms with Gasteiger partial charge in [0.15, 0.2) is 5.76 Å². The lowest BCUT2D eigenvalue weighted by atomic mass is 10.2. The zero-order valence-electron chi connectivity index (χ0n) is 14.6. The Kier molecular flexibility index (Phi) is 3.57. The van der Waals surface area contributed by atoms with Gasteiger partial charge in [0, 0.05) is 17.3 Å². The van der Waals surface area contributed by atoms with E-state index >= 15 is 0 Å². The Morgan fingerprint density at radius 1 is 1.07 bits per heavy atom. The number of furan rings is 1. The van der Waals surface area contributed by atoms with Gasteiger partial charge < -0.3 is 14.1 Å². The molecular weight excluding hydrogens is 340 g/mol. The number of nitrogens with zero attached hydrogens (tertiary/aromatic N) is 5. The first-order valence-electron chi connectivity index (χ1n) is 8.62. The third-order valence-electron chi connectivity index (χ3n) is 4.41. The fourth-order valence-corrected chi connectivity index (χ4v) is 3.06. The molecule has 1 N–H and O–H groups in total. The second kappa shape index (κ2) is 6.21. The number of pyridine rings is 1. The first-order valence-corrected chi connectivity index (χ1v) is 8.62. The van der Waals surface area contributed by atoms with E-state index in [2.05, 4.69) is 42.9 Å². The molecule has 0 aliphatic heterocycles. The number of rotatable bonds is 4. The Hall–Kier alpha value is -3.74. The summed E-state index contributed by atoms with van der Waals surface area (Å²) in [6, 6.07) is 15.8. The predicted molar refractivity (Wildman–Crippen MR) is 102 cm³/mol. The van der Waals surface area contributed by atoms with Crippen molar-refractivity contribution in [3.8, 4) is 11.5 Å². The first-order chi connectivity index (χ1) is 13.3. The maximum Gasteiger partial charge on any atom is 0.243 e. The molecule has 0 aliphatic rings. The van der Waals surface area contributed by atoms with E-state index in [-0.39, 0.29) is 0 Å². The number of benzene rings is 1. The largest absolute Gasteiger partial charge is 0.454 e. The average molecular weight is 356 g/mol. The van der Waals surface area contributed by atoms with Gasteiger partial charge in [-0.05, 0) is 31.2 Å². The minimum atomic E-state index is 0.432. The number of anilines is 1. The highest BCUT2D eigenvalue weighted by molar-refractivity contribution is 5.82. The number of aryl methyl sites for hydroxylation is 1. The zero-order chi connectivity index (χ0) is 18.2. The highest BCUT2D eigenvalue weighted by Gasteiger charge is 2.10. The second-order valence-corrected chi connectivity index (χ2v) is 6.29. The van der Waals surface area contributed by atoms with E-state index in [0.29, 0.717) is 23.9 Å². The Labute approximate surface area is 154 Å². The number of fused-ring (bicyclic) bond motifs is 2. The van der Waals surface area contributed by atoms with Crippen LogP contribution in [0.15, 0.2) is 65.3 Å². The van der Waals surface area contributed by atoms with Crippen molar-refractivity contribution in [2.45, 2.75) is 13.5 Å². The molecule has 1 aromatic carbocycles. The van der Waals surface area contributed by atoms with Gasteiger partial charge in [0.2, 0.25) is 5.95 Å². The van der Waals surface area contributed by atoms with Crippen LogP contribution < -0.4 is 5.32 Å². The van der Waals surface area contributed by atoms with Crippen molar-refractivity contribution in [1.29, 1.82) is 0 Å². The summed E-state index contributed by atoms with van der Waals surface area (Å²) in [5, 5.41) is 12.3. The van der Waals surface area contributed by atoms with Crippen LogP contribution >= 0.6 is 0 Å². The summed E-state index contributed by atoms with van der Waals surface area (Å²) in [6.07, 6.45) is 3.60. The molecule has 0 saturated heterocycles. The third-order valence-corrected chi connectivity index (χ3v) is 4.41. The number of nitrogens with one attached hydrogen (secondary N) is 1. The third kappa shape index (κ3) is 2.89. The van der Waals surface area contributed by atoms with Gasteiger partial charge in [0.25, 0.3) is 0 Å². The molecule has 0 bridgehead atoms. The standard InChI is InChI=1S/C20H16N6O/c1-13-5-4-8-19-23-15(12-26(13)19)10-21-20-24-16(11-22-25-20)18-9-14-6-2-3-7-17(14)27-18/h2-9,11-12H,10H2,1H3,(H,21,24,25). The molecule has 4 heterocycles. The number of hydrogen-bond acceptors (Lipinski definition) is 6. The fourth-order valence-electron chi connectivity index (χ4n) is 3.06. The molecule has 7 nitrogen and oxygen atoms in total. The van der Waals surface area contributed by atoms with E-state index in [1.807, 2.05) is 48.7 Å². The van der Waals surface area contributed by atoms with Crippen molar-refractivity contribution in [3.63, 3.8) is 0 Å². The van der Waals surface area contributed by atoms with Crippen LogP contribution in [0.25, 0.3) is 28.1 Å². The Bertz CT molecular complexity index is 1220. The lowest BCUT2D eigenvalue weighted by Gasteiger charge is -2.02. The summed E-state index contributed by atoms with van der Waals surface area (Å²) in [4.78, 5) is 9.12. The lowest BCUT2D eigenvalue weighted by molar-refractivity contribution is 0.627. The van der Waals surface area contributed by atoms with Crippen LogP contribution in [-0.4, -0.2) is 24.6 Å².